The summed E-state index contributed by atoms with van der Waals surface area (Å²) in [4.78, 5) is 24.2. The summed E-state index contributed by atoms with van der Waals surface area (Å²) in [6.45, 7) is 7.84. The van der Waals surface area contributed by atoms with E-state index in [0.29, 0.717) is 5.57 Å². The van der Waals surface area contributed by atoms with Crippen LogP contribution >= 0.6 is 0 Å². The lowest BCUT2D eigenvalue weighted by Crippen LogP contribution is -2.45. The van der Waals surface area contributed by atoms with E-state index in [1.165, 1.54) is 17.2 Å². The molecule has 0 aromatic carbocycles. The molecule has 2 atom stereocenters. The molecule has 16 heavy (non-hydrogen) atoms. The van der Waals surface area contributed by atoms with Gasteiger partial charge in [-0.05, 0) is 45.3 Å². The highest BCUT2D eigenvalue weighted by Crippen LogP contribution is 2.48. The van der Waals surface area contributed by atoms with E-state index in [9.17, 15) is 9.59 Å². The number of Topliss-reactive ketones (excluding diaryl/α,β-unsaturated/α-hetero) is 1. The van der Waals surface area contributed by atoms with Crippen molar-refractivity contribution in [3.8, 4) is 0 Å². The molecule has 0 saturated carbocycles. The lowest BCUT2D eigenvalue weighted by Gasteiger charge is -2.42. The molecule has 0 bridgehead atoms. The number of ketones is 2. The van der Waals surface area contributed by atoms with Gasteiger partial charge in [-0.25, -0.2) is 0 Å². The van der Waals surface area contributed by atoms with Gasteiger partial charge in [0.25, 0.3) is 0 Å². The lowest BCUT2D eigenvalue weighted by atomic mass is 9.59. The highest BCUT2D eigenvalue weighted by Gasteiger charge is 2.49. The summed E-state index contributed by atoms with van der Waals surface area (Å²) < 4.78 is 0. The largest absolute Gasteiger partial charge is 0.294 e. The second-order valence-corrected chi connectivity index (χ2v) is 5.47. The van der Waals surface area contributed by atoms with Crippen molar-refractivity contribution >= 4 is 11.6 Å². The highest BCUT2D eigenvalue weighted by atomic mass is 16.1. The van der Waals surface area contributed by atoms with Crippen molar-refractivity contribution in [3.05, 3.63) is 22.8 Å². The highest BCUT2D eigenvalue weighted by molar-refractivity contribution is 6.12. The van der Waals surface area contributed by atoms with Crippen molar-refractivity contribution in [3.63, 3.8) is 0 Å². The molecule has 0 aromatic rings. The van der Waals surface area contributed by atoms with Gasteiger partial charge >= 0.3 is 0 Å². The first kappa shape index (κ1) is 11.3. The minimum atomic E-state index is -0.487. The first-order valence-electron chi connectivity index (χ1n) is 5.78. The monoisotopic (exact) mass is 218 g/mol. The summed E-state index contributed by atoms with van der Waals surface area (Å²) in [6, 6.07) is 0. The van der Waals surface area contributed by atoms with Crippen molar-refractivity contribution in [2.45, 2.75) is 40.5 Å². The topological polar surface area (TPSA) is 34.1 Å². The SMILES string of the molecule is CC1=CC(=O)[C@@H]2CC(C)=C(C)C[C@]2(C)C1=O. The van der Waals surface area contributed by atoms with Crippen LogP contribution in [0, 0.1) is 11.3 Å². The van der Waals surface area contributed by atoms with Gasteiger partial charge in [0.1, 0.15) is 0 Å². The van der Waals surface area contributed by atoms with Crippen molar-refractivity contribution in [1.29, 1.82) is 0 Å². The van der Waals surface area contributed by atoms with E-state index in [1.807, 2.05) is 6.92 Å². The molecule has 0 unspecified atom stereocenters. The summed E-state index contributed by atoms with van der Waals surface area (Å²) >= 11 is 0. The first-order chi connectivity index (χ1) is 7.36. The average Bonchev–Trinajstić information content (AvgIpc) is 2.20. The lowest BCUT2D eigenvalue weighted by molar-refractivity contribution is -0.136. The van der Waals surface area contributed by atoms with Gasteiger partial charge in [-0.2, -0.15) is 0 Å². The smallest absolute Gasteiger partial charge is 0.165 e. The standard InChI is InChI=1S/C14H18O2/c1-8-5-11-12(15)6-9(2)13(16)14(11,4)7-10(8)3/h6,11H,5,7H2,1-4H3/t11-,14-/m0/s1. The first-order valence-corrected chi connectivity index (χ1v) is 5.78. The molecule has 2 aliphatic carbocycles. The summed E-state index contributed by atoms with van der Waals surface area (Å²) in [5.41, 5.74) is 2.68. The summed E-state index contributed by atoms with van der Waals surface area (Å²) in [5, 5.41) is 0. The van der Waals surface area contributed by atoms with E-state index >= 15 is 0 Å². The average molecular weight is 218 g/mol. The van der Waals surface area contributed by atoms with E-state index in [4.69, 9.17) is 0 Å². The van der Waals surface area contributed by atoms with Crippen LogP contribution in [-0.2, 0) is 9.59 Å². The van der Waals surface area contributed by atoms with Gasteiger partial charge in [-0.1, -0.05) is 18.1 Å². The van der Waals surface area contributed by atoms with Crippen LogP contribution in [0.15, 0.2) is 22.8 Å². The third kappa shape index (κ3) is 1.40. The van der Waals surface area contributed by atoms with Gasteiger partial charge in [0.2, 0.25) is 0 Å². The van der Waals surface area contributed by atoms with Crippen molar-refractivity contribution < 1.29 is 9.59 Å². The van der Waals surface area contributed by atoms with Crippen LogP contribution in [0.25, 0.3) is 0 Å². The van der Waals surface area contributed by atoms with Gasteiger partial charge < -0.3 is 0 Å². The fourth-order valence-corrected chi connectivity index (χ4v) is 3.01. The Bertz CT molecular complexity index is 440. The maximum absolute atomic E-state index is 12.2. The van der Waals surface area contributed by atoms with Gasteiger partial charge in [0.15, 0.2) is 11.6 Å². The van der Waals surface area contributed by atoms with Gasteiger partial charge in [-0.3, -0.25) is 9.59 Å². The van der Waals surface area contributed by atoms with Crippen LogP contribution in [0.2, 0.25) is 0 Å². The van der Waals surface area contributed by atoms with E-state index in [0.717, 1.165) is 12.8 Å². The minimum absolute atomic E-state index is 0.131. The number of carbonyl (C=O) groups excluding carboxylic acids is 2. The molecular formula is C14H18O2. The third-order valence-electron chi connectivity index (χ3n) is 4.22. The molecule has 2 heteroatoms. The molecule has 86 valence electrons. The maximum atomic E-state index is 12.2. The molecule has 0 heterocycles. The summed E-state index contributed by atoms with van der Waals surface area (Å²) in [6.07, 6.45) is 3.01. The van der Waals surface area contributed by atoms with E-state index in [1.54, 1.807) is 6.92 Å². The molecule has 2 nitrogen and oxygen atoms in total. The zero-order valence-electron chi connectivity index (χ0n) is 10.4. The van der Waals surface area contributed by atoms with Crippen LogP contribution < -0.4 is 0 Å². The summed E-state index contributed by atoms with van der Waals surface area (Å²) in [5.74, 6) is 0.155. The zero-order chi connectivity index (χ0) is 12.1. The molecule has 0 amide bonds. The second-order valence-electron chi connectivity index (χ2n) is 5.47. The molecule has 0 aliphatic heterocycles. The zero-order valence-corrected chi connectivity index (χ0v) is 10.4. The van der Waals surface area contributed by atoms with Crippen LogP contribution in [0.1, 0.15) is 40.5 Å². The Balaban J connectivity index is 2.51. The van der Waals surface area contributed by atoms with E-state index < -0.39 is 5.41 Å². The second kappa shape index (κ2) is 3.41. The number of allylic oxidation sites excluding steroid dienone is 4. The van der Waals surface area contributed by atoms with E-state index in [2.05, 4.69) is 13.8 Å². The number of carbonyl (C=O) groups is 2. The van der Waals surface area contributed by atoms with Gasteiger partial charge in [0.05, 0.1) is 0 Å². The van der Waals surface area contributed by atoms with Crippen molar-refractivity contribution in [2.75, 3.05) is 0 Å². The molecule has 0 aromatic heterocycles. The summed E-state index contributed by atoms with van der Waals surface area (Å²) in [7, 11) is 0. The number of hydrogen-bond donors (Lipinski definition) is 0. The molecule has 0 N–H and O–H groups in total. The quantitative estimate of drug-likeness (QED) is 0.586. The maximum Gasteiger partial charge on any atom is 0.165 e. The predicted octanol–water partition coefficient (Wildman–Crippen LogP) is 2.84. The predicted molar refractivity (Wildman–Crippen MR) is 63.0 cm³/mol. The van der Waals surface area contributed by atoms with E-state index in [-0.39, 0.29) is 17.5 Å². The number of rotatable bonds is 0. The molecule has 0 saturated heterocycles. The molecule has 2 aliphatic rings. The Kier molecular flexibility index (Phi) is 2.41. The Labute approximate surface area is 96.4 Å². The fourth-order valence-electron chi connectivity index (χ4n) is 3.01. The van der Waals surface area contributed by atoms with Crippen molar-refractivity contribution in [1.82, 2.24) is 0 Å². The third-order valence-corrected chi connectivity index (χ3v) is 4.22. The fraction of sp³-hybridized carbons (Fsp3) is 0.571. The molecule has 0 fully saturated rings. The molecular weight excluding hydrogens is 200 g/mol. The van der Waals surface area contributed by atoms with Crippen LogP contribution in [0.4, 0.5) is 0 Å². The Hall–Kier alpha value is -1.18. The van der Waals surface area contributed by atoms with Crippen LogP contribution in [0.3, 0.4) is 0 Å². The molecule has 0 radical (unpaired) electrons. The van der Waals surface area contributed by atoms with Crippen molar-refractivity contribution in [2.24, 2.45) is 11.3 Å². The molecule has 0 spiro atoms. The van der Waals surface area contributed by atoms with Gasteiger partial charge in [-0.15, -0.1) is 0 Å². The molecule has 2 rings (SSSR count). The van der Waals surface area contributed by atoms with Crippen LogP contribution in [0.5, 0.6) is 0 Å². The number of fused-ring (bicyclic) bond motifs is 1. The van der Waals surface area contributed by atoms with Crippen LogP contribution in [-0.4, -0.2) is 11.6 Å². The van der Waals surface area contributed by atoms with Gasteiger partial charge in [0, 0.05) is 11.3 Å². The number of hydrogen-bond acceptors (Lipinski definition) is 2. The minimum Gasteiger partial charge on any atom is -0.294 e. The normalized spacial score (nSPS) is 35.0. The Morgan fingerprint density at radius 2 is 1.81 bits per heavy atom. The Morgan fingerprint density at radius 1 is 1.19 bits per heavy atom. The Morgan fingerprint density at radius 3 is 2.44 bits per heavy atom.